The predicted molar refractivity (Wildman–Crippen MR) is 50.0 cm³/mol. The molecule has 0 atom stereocenters. The molecule has 0 aliphatic heterocycles. The van der Waals surface area contributed by atoms with Crippen LogP contribution in [0.1, 0.15) is 0 Å². The number of ether oxygens (including phenoxy) is 1. The van der Waals surface area contributed by atoms with Crippen LogP contribution in [-0.4, -0.2) is 28.6 Å². The number of halogens is 1. The van der Waals surface area contributed by atoms with Crippen LogP contribution < -0.4 is 5.69 Å². The van der Waals surface area contributed by atoms with E-state index < -0.39 is 0 Å². The molecule has 1 heterocycles. The first-order chi connectivity index (χ1) is 6.34. The number of alkyl halides is 1. The van der Waals surface area contributed by atoms with E-state index in [1.165, 1.54) is 10.8 Å². The molecule has 1 aromatic rings. The molecule has 0 amide bonds. The van der Waals surface area contributed by atoms with Crippen molar-refractivity contribution in [3.05, 3.63) is 28.9 Å². The van der Waals surface area contributed by atoms with E-state index in [4.69, 9.17) is 16.3 Å². The fourth-order valence-electron chi connectivity index (χ4n) is 0.877. The molecular formula is C8H11ClN2O2. The second-order valence-electron chi connectivity index (χ2n) is 2.40. The Balaban J connectivity index is 2.37. The lowest BCUT2D eigenvalue weighted by molar-refractivity contribution is 0.139. The van der Waals surface area contributed by atoms with Gasteiger partial charge in [0.2, 0.25) is 0 Å². The molecule has 0 unspecified atom stereocenters. The Morgan fingerprint density at radius 3 is 3.08 bits per heavy atom. The van der Waals surface area contributed by atoms with Gasteiger partial charge < -0.3 is 4.74 Å². The van der Waals surface area contributed by atoms with Gasteiger partial charge in [-0.15, -0.1) is 11.6 Å². The van der Waals surface area contributed by atoms with Gasteiger partial charge in [-0.05, 0) is 6.07 Å². The van der Waals surface area contributed by atoms with Gasteiger partial charge in [0.25, 0.3) is 0 Å². The molecular weight excluding hydrogens is 192 g/mol. The van der Waals surface area contributed by atoms with E-state index >= 15 is 0 Å². The quantitative estimate of drug-likeness (QED) is 0.516. The van der Waals surface area contributed by atoms with Gasteiger partial charge in [-0.25, -0.2) is 9.78 Å². The largest absolute Gasteiger partial charge is 0.378 e. The van der Waals surface area contributed by atoms with Crippen LogP contribution in [0.4, 0.5) is 0 Å². The molecule has 0 saturated heterocycles. The van der Waals surface area contributed by atoms with Crippen molar-refractivity contribution < 1.29 is 4.74 Å². The Bertz CT molecular complexity index is 300. The van der Waals surface area contributed by atoms with Gasteiger partial charge in [0, 0.05) is 18.3 Å². The van der Waals surface area contributed by atoms with Gasteiger partial charge in [0.15, 0.2) is 0 Å². The van der Waals surface area contributed by atoms with E-state index in [-0.39, 0.29) is 5.69 Å². The second-order valence-corrected chi connectivity index (χ2v) is 2.77. The van der Waals surface area contributed by atoms with E-state index in [1.54, 1.807) is 12.3 Å². The summed E-state index contributed by atoms with van der Waals surface area (Å²) in [5, 5.41) is 0. The summed E-state index contributed by atoms with van der Waals surface area (Å²) in [7, 11) is 0. The summed E-state index contributed by atoms with van der Waals surface area (Å²) in [6.07, 6.45) is 3.15. The first-order valence-corrected chi connectivity index (χ1v) is 4.53. The Hall–Kier alpha value is -0.870. The van der Waals surface area contributed by atoms with Crippen LogP contribution in [0, 0.1) is 0 Å². The molecule has 0 aliphatic rings. The van der Waals surface area contributed by atoms with Crippen LogP contribution in [0.3, 0.4) is 0 Å². The van der Waals surface area contributed by atoms with Crippen molar-refractivity contribution in [3.63, 3.8) is 0 Å². The van der Waals surface area contributed by atoms with E-state index in [2.05, 4.69) is 4.98 Å². The van der Waals surface area contributed by atoms with Crippen LogP contribution >= 0.6 is 11.6 Å². The Morgan fingerprint density at radius 2 is 2.38 bits per heavy atom. The summed E-state index contributed by atoms with van der Waals surface area (Å²) in [5.74, 6) is 0.474. The number of hydrogen-bond donors (Lipinski definition) is 0. The molecule has 1 rings (SSSR count). The average molecular weight is 203 g/mol. The third-order valence-corrected chi connectivity index (χ3v) is 1.64. The van der Waals surface area contributed by atoms with Crippen molar-refractivity contribution in [2.45, 2.75) is 6.54 Å². The molecule has 0 fully saturated rings. The minimum Gasteiger partial charge on any atom is -0.378 e. The van der Waals surface area contributed by atoms with Gasteiger partial charge in [0.05, 0.1) is 19.8 Å². The molecule has 0 spiro atoms. The third kappa shape index (κ3) is 3.57. The third-order valence-electron chi connectivity index (χ3n) is 1.48. The Labute approximate surface area is 81.1 Å². The normalized spacial score (nSPS) is 10.2. The summed E-state index contributed by atoms with van der Waals surface area (Å²) < 4.78 is 6.62. The molecule has 0 radical (unpaired) electrons. The lowest BCUT2D eigenvalue weighted by Gasteiger charge is -2.03. The van der Waals surface area contributed by atoms with E-state index in [1.807, 2.05) is 0 Å². The van der Waals surface area contributed by atoms with Crippen LogP contribution in [0.15, 0.2) is 23.3 Å². The standard InChI is InChI=1S/C8H11ClN2O2/c9-2-6-13-7-5-11-4-1-3-10-8(11)12/h1,3-4H,2,5-7H2. The van der Waals surface area contributed by atoms with Gasteiger partial charge in [-0.1, -0.05) is 0 Å². The van der Waals surface area contributed by atoms with E-state index in [0.717, 1.165) is 0 Å². The highest BCUT2D eigenvalue weighted by Gasteiger charge is 1.93. The van der Waals surface area contributed by atoms with Gasteiger partial charge in [-0.3, -0.25) is 4.57 Å². The summed E-state index contributed by atoms with van der Waals surface area (Å²) >= 11 is 5.41. The van der Waals surface area contributed by atoms with Crippen molar-refractivity contribution in [3.8, 4) is 0 Å². The van der Waals surface area contributed by atoms with Crippen molar-refractivity contribution in [2.24, 2.45) is 0 Å². The highest BCUT2D eigenvalue weighted by Crippen LogP contribution is 1.83. The van der Waals surface area contributed by atoms with E-state index in [0.29, 0.717) is 25.6 Å². The molecule has 72 valence electrons. The molecule has 0 N–H and O–H groups in total. The molecule has 0 aromatic carbocycles. The van der Waals surface area contributed by atoms with Crippen molar-refractivity contribution in [1.29, 1.82) is 0 Å². The maximum Gasteiger partial charge on any atom is 0.347 e. The predicted octanol–water partition coefficient (Wildman–Crippen LogP) is 0.499. The molecule has 0 aliphatic carbocycles. The first-order valence-electron chi connectivity index (χ1n) is 4.00. The first kappa shape index (κ1) is 10.2. The number of aromatic nitrogens is 2. The van der Waals surface area contributed by atoms with Crippen molar-refractivity contribution in [1.82, 2.24) is 9.55 Å². The van der Waals surface area contributed by atoms with Gasteiger partial charge in [-0.2, -0.15) is 0 Å². The maximum atomic E-state index is 11.1. The zero-order chi connectivity index (χ0) is 9.52. The van der Waals surface area contributed by atoms with Crippen LogP contribution in [-0.2, 0) is 11.3 Å². The highest BCUT2D eigenvalue weighted by atomic mass is 35.5. The monoisotopic (exact) mass is 202 g/mol. The lowest BCUT2D eigenvalue weighted by Crippen LogP contribution is -2.23. The molecule has 4 nitrogen and oxygen atoms in total. The summed E-state index contributed by atoms with van der Waals surface area (Å²) in [6.45, 7) is 1.51. The van der Waals surface area contributed by atoms with E-state index in [9.17, 15) is 4.79 Å². The fourth-order valence-corrected chi connectivity index (χ4v) is 0.986. The maximum absolute atomic E-state index is 11.1. The van der Waals surface area contributed by atoms with Gasteiger partial charge in [0.1, 0.15) is 0 Å². The Morgan fingerprint density at radius 1 is 1.54 bits per heavy atom. The minimum atomic E-state index is -0.253. The summed E-state index contributed by atoms with van der Waals surface area (Å²) in [5.41, 5.74) is -0.253. The molecule has 1 aromatic heterocycles. The molecule has 0 bridgehead atoms. The molecule has 5 heteroatoms. The van der Waals surface area contributed by atoms with Crippen molar-refractivity contribution >= 4 is 11.6 Å². The van der Waals surface area contributed by atoms with Crippen molar-refractivity contribution in [2.75, 3.05) is 19.1 Å². The summed E-state index contributed by atoms with van der Waals surface area (Å²) in [6, 6.07) is 1.71. The average Bonchev–Trinajstić information content (AvgIpc) is 2.15. The van der Waals surface area contributed by atoms with Crippen LogP contribution in [0.25, 0.3) is 0 Å². The summed E-state index contributed by atoms with van der Waals surface area (Å²) in [4.78, 5) is 14.7. The lowest BCUT2D eigenvalue weighted by atomic mass is 10.6. The van der Waals surface area contributed by atoms with Crippen LogP contribution in [0.5, 0.6) is 0 Å². The smallest absolute Gasteiger partial charge is 0.347 e. The van der Waals surface area contributed by atoms with Gasteiger partial charge >= 0.3 is 5.69 Å². The number of nitrogens with zero attached hydrogens (tertiary/aromatic N) is 2. The minimum absolute atomic E-state index is 0.253. The zero-order valence-corrected chi connectivity index (χ0v) is 7.91. The molecule has 0 saturated carbocycles. The second kappa shape index (κ2) is 5.72. The SMILES string of the molecule is O=c1ncccn1CCOCCCl. The molecule has 13 heavy (non-hydrogen) atoms. The zero-order valence-electron chi connectivity index (χ0n) is 7.15. The fraction of sp³-hybridized carbons (Fsp3) is 0.500. The van der Waals surface area contributed by atoms with Crippen LogP contribution in [0.2, 0.25) is 0 Å². The number of hydrogen-bond acceptors (Lipinski definition) is 3. The highest BCUT2D eigenvalue weighted by molar-refractivity contribution is 6.17. The topological polar surface area (TPSA) is 44.1 Å². The number of rotatable bonds is 5. The Kier molecular flexibility index (Phi) is 4.49.